The first-order valence-electron chi connectivity index (χ1n) is 12.1. The molecule has 1 fully saturated rings. The summed E-state index contributed by atoms with van der Waals surface area (Å²) in [5.41, 5.74) is 1.09. The molecule has 0 aliphatic carbocycles. The average Bonchev–Trinajstić information content (AvgIpc) is 3.30. The highest BCUT2D eigenvalue weighted by Crippen LogP contribution is 2.22. The number of nitrogens with zero attached hydrogens (tertiary/aromatic N) is 1. The third-order valence-corrected chi connectivity index (χ3v) is 6.51. The van der Waals surface area contributed by atoms with Crippen LogP contribution in [-0.2, 0) is 25.5 Å². The van der Waals surface area contributed by atoms with Gasteiger partial charge in [-0.1, -0.05) is 42.5 Å². The second-order valence-electron chi connectivity index (χ2n) is 9.13. The van der Waals surface area contributed by atoms with Gasteiger partial charge < -0.3 is 20.1 Å². The molecule has 2 heterocycles. The molecule has 7 nitrogen and oxygen atoms in total. The van der Waals surface area contributed by atoms with Crippen molar-refractivity contribution in [3.63, 3.8) is 0 Å². The third kappa shape index (κ3) is 7.42. The molecule has 2 aliphatic rings. The van der Waals surface area contributed by atoms with Crippen LogP contribution in [0.5, 0.6) is 0 Å². The summed E-state index contributed by atoms with van der Waals surface area (Å²) in [6.45, 7) is 2.56. The topological polar surface area (TPSA) is 95.9 Å². The predicted molar refractivity (Wildman–Crippen MR) is 125 cm³/mol. The van der Waals surface area contributed by atoms with Crippen molar-refractivity contribution in [3.05, 3.63) is 48.0 Å². The summed E-state index contributed by atoms with van der Waals surface area (Å²) in [4.78, 5) is 40.2. The number of esters is 1. The van der Waals surface area contributed by atoms with E-state index in [0.717, 1.165) is 18.4 Å². The molecule has 33 heavy (non-hydrogen) atoms. The van der Waals surface area contributed by atoms with Gasteiger partial charge in [0.2, 0.25) is 11.8 Å². The van der Waals surface area contributed by atoms with Gasteiger partial charge in [-0.2, -0.15) is 0 Å². The molecule has 2 aliphatic heterocycles. The Labute approximate surface area is 196 Å². The quantitative estimate of drug-likeness (QED) is 0.525. The lowest BCUT2D eigenvalue weighted by atomic mass is 9.94. The van der Waals surface area contributed by atoms with Crippen molar-refractivity contribution in [1.29, 1.82) is 0 Å². The van der Waals surface area contributed by atoms with Crippen LogP contribution in [-0.4, -0.2) is 59.6 Å². The molecule has 180 valence electrons. The van der Waals surface area contributed by atoms with Crippen LogP contribution in [0.25, 0.3) is 0 Å². The van der Waals surface area contributed by atoms with E-state index in [1.807, 2.05) is 42.5 Å². The zero-order valence-electron chi connectivity index (χ0n) is 19.4. The van der Waals surface area contributed by atoms with Crippen LogP contribution in [0.3, 0.4) is 0 Å². The average molecular weight is 457 g/mol. The van der Waals surface area contributed by atoms with Gasteiger partial charge in [0.1, 0.15) is 6.10 Å². The van der Waals surface area contributed by atoms with Crippen molar-refractivity contribution in [3.8, 4) is 0 Å². The van der Waals surface area contributed by atoms with E-state index in [-0.39, 0.29) is 49.3 Å². The highest BCUT2D eigenvalue weighted by molar-refractivity contribution is 5.86. The van der Waals surface area contributed by atoms with Gasteiger partial charge in [-0.25, -0.2) is 0 Å². The molecular weight excluding hydrogens is 420 g/mol. The molecule has 0 saturated carbocycles. The lowest BCUT2D eigenvalue weighted by molar-refractivity contribution is -0.153. The number of hydrogen-bond donors (Lipinski definition) is 2. The number of benzene rings is 1. The predicted octanol–water partition coefficient (Wildman–Crippen LogP) is 2.62. The van der Waals surface area contributed by atoms with E-state index in [1.54, 1.807) is 11.8 Å². The van der Waals surface area contributed by atoms with Crippen molar-refractivity contribution in [2.75, 3.05) is 19.7 Å². The number of rotatable bonds is 5. The number of carbonyl (C=O) groups excluding carboxylic acids is 3. The van der Waals surface area contributed by atoms with Crippen LogP contribution < -0.4 is 5.32 Å². The van der Waals surface area contributed by atoms with Crippen LogP contribution in [0.1, 0.15) is 51.0 Å². The molecule has 1 aromatic carbocycles. The summed E-state index contributed by atoms with van der Waals surface area (Å²) in [7, 11) is 0. The van der Waals surface area contributed by atoms with E-state index >= 15 is 0 Å². The maximum absolute atomic E-state index is 12.8. The van der Waals surface area contributed by atoms with Crippen LogP contribution in [0, 0.1) is 11.8 Å². The summed E-state index contributed by atoms with van der Waals surface area (Å²) in [5, 5.41) is 12.4. The highest BCUT2D eigenvalue weighted by Gasteiger charge is 2.31. The van der Waals surface area contributed by atoms with E-state index in [1.165, 1.54) is 0 Å². The maximum Gasteiger partial charge on any atom is 0.309 e. The summed E-state index contributed by atoms with van der Waals surface area (Å²) in [6, 6.07) is 9.75. The van der Waals surface area contributed by atoms with Gasteiger partial charge in [0.25, 0.3) is 0 Å². The lowest BCUT2D eigenvalue weighted by Crippen LogP contribution is -2.42. The Kier molecular flexibility index (Phi) is 9.48. The molecule has 0 aromatic heterocycles. The minimum atomic E-state index is -0.488. The number of hydrogen-bond acceptors (Lipinski definition) is 5. The Morgan fingerprint density at radius 3 is 2.70 bits per heavy atom. The first-order chi connectivity index (χ1) is 16.0. The van der Waals surface area contributed by atoms with E-state index < -0.39 is 12.0 Å². The molecule has 0 spiro atoms. The Morgan fingerprint density at radius 2 is 1.94 bits per heavy atom. The van der Waals surface area contributed by atoms with Crippen molar-refractivity contribution >= 4 is 17.8 Å². The molecule has 0 bridgehead atoms. The van der Waals surface area contributed by atoms with E-state index in [4.69, 9.17) is 4.74 Å². The smallest absolute Gasteiger partial charge is 0.309 e. The number of likely N-dealkylation sites (tertiary alicyclic amines) is 1. The molecule has 1 aromatic rings. The molecule has 3 rings (SSSR count). The van der Waals surface area contributed by atoms with Gasteiger partial charge in [-0.05, 0) is 51.0 Å². The molecule has 2 N–H and O–H groups in total. The monoisotopic (exact) mass is 456 g/mol. The molecule has 4 unspecified atom stereocenters. The van der Waals surface area contributed by atoms with E-state index in [2.05, 4.69) is 5.32 Å². The summed E-state index contributed by atoms with van der Waals surface area (Å²) < 4.78 is 5.64. The fraction of sp³-hybridized carbons (Fsp3) is 0.577. The van der Waals surface area contributed by atoms with Crippen molar-refractivity contribution in [2.45, 2.75) is 64.0 Å². The van der Waals surface area contributed by atoms with Crippen molar-refractivity contribution in [2.24, 2.45) is 11.8 Å². The molecule has 7 heteroatoms. The number of amides is 2. The Hall–Kier alpha value is -2.67. The number of cyclic esters (lactones) is 1. The number of nitrogens with one attached hydrogen (secondary N) is 1. The number of carbonyl (C=O) groups is 3. The Balaban J connectivity index is 1.65. The zero-order valence-corrected chi connectivity index (χ0v) is 19.4. The second kappa shape index (κ2) is 12.5. The summed E-state index contributed by atoms with van der Waals surface area (Å²) in [6.07, 6.45) is 7.69. The number of allylic oxidation sites excluding steroid dienone is 2. The molecule has 0 radical (unpaired) electrons. The summed E-state index contributed by atoms with van der Waals surface area (Å²) >= 11 is 0. The van der Waals surface area contributed by atoms with Gasteiger partial charge in [0, 0.05) is 13.0 Å². The van der Waals surface area contributed by atoms with Crippen LogP contribution >= 0.6 is 0 Å². The number of ether oxygens (including phenoxy) is 1. The van der Waals surface area contributed by atoms with Gasteiger partial charge >= 0.3 is 5.97 Å². The van der Waals surface area contributed by atoms with Gasteiger partial charge in [0.05, 0.1) is 31.0 Å². The largest absolute Gasteiger partial charge is 0.461 e. The highest BCUT2D eigenvalue weighted by atomic mass is 16.5. The second-order valence-corrected chi connectivity index (χ2v) is 9.13. The maximum atomic E-state index is 12.8. The zero-order chi connectivity index (χ0) is 23.6. The van der Waals surface area contributed by atoms with E-state index in [0.29, 0.717) is 32.2 Å². The van der Waals surface area contributed by atoms with Gasteiger partial charge in [0.15, 0.2) is 0 Å². The normalized spacial score (nSPS) is 27.2. The first-order valence-corrected chi connectivity index (χ1v) is 12.1. The molecular formula is C26H36N2O5. The SMILES string of the molecule is CC1CNC(=O)C(CC(=O)N2CCCC2CO)CC=CCCC(Cc2ccccc2)C(=O)O1. The molecule has 2 amide bonds. The van der Waals surface area contributed by atoms with Crippen molar-refractivity contribution < 1.29 is 24.2 Å². The van der Waals surface area contributed by atoms with Crippen LogP contribution in [0.4, 0.5) is 0 Å². The fourth-order valence-electron chi connectivity index (χ4n) is 4.57. The Bertz CT molecular complexity index is 825. The number of aliphatic hydroxyl groups excluding tert-OH is 1. The van der Waals surface area contributed by atoms with Gasteiger partial charge in [-0.15, -0.1) is 0 Å². The third-order valence-electron chi connectivity index (χ3n) is 6.51. The van der Waals surface area contributed by atoms with E-state index in [9.17, 15) is 19.5 Å². The number of aliphatic hydroxyl groups is 1. The first kappa shape index (κ1) is 25.0. The minimum Gasteiger partial charge on any atom is -0.461 e. The standard InChI is InChI=1S/C26H36N2O5/c1-19-17-27-25(31)21(16-24(30)28-14-8-13-23(28)18-29)11-6-3-7-12-22(26(32)33-19)15-20-9-4-2-5-10-20/h2-6,9-10,19,21-23,29H,7-8,11-18H2,1H3,(H,27,31). The van der Waals surface area contributed by atoms with Gasteiger partial charge in [-0.3, -0.25) is 14.4 Å². The Morgan fingerprint density at radius 1 is 1.15 bits per heavy atom. The fourth-order valence-corrected chi connectivity index (χ4v) is 4.57. The lowest BCUT2D eigenvalue weighted by Gasteiger charge is -2.25. The summed E-state index contributed by atoms with van der Waals surface area (Å²) in [5.74, 6) is -1.29. The van der Waals surface area contributed by atoms with Crippen molar-refractivity contribution in [1.82, 2.24) is 10.2 Å². The molecule has 1 saturated heterocycles. The van der Waals surface area contributed by atoms with Crippen LogP contribution in [0.2, 0.25) is 0 Å². The molecule has 4 atom stereocenters. The minimum absolute atomic E-state index is 0.0461. The van der Waals surface area contributed by atoms with Crippen LogP contribution in [0.15, 0.2) is 42.5 Å².